The Morgan fingerprint density at radius 3 is 2.43 bits per heavy atom. The van der Waals surface area contributed by atoms with Crippen molar-refractivity contribution in [1.29, 1.82) is 0 Å². The van der Waals surface area contributed by atoms with Crippen molar-refractivity contribution in [2.45, 2.75) is 26.9 Å². The van der Waals surface area contributed by atoms with Crippen LogP contribution in [0.1, 0.15) is 31.1 Å². The molecule has 0 saturated carbocycles. The summed E-state index contributed by atoms with van der Waals surface area (Å²) < 4.78 is 21.9. The second-order valence-corrected chi connectivity index (χ2v) is 9.09. The van der Waals surface area contributed by atoms with E-state index < -0.39 is 23.2 Å². The maximum absolute atomic E-state index is 15.5. The lowest BCUT2D eigenvalue weighted by Gasteiger charge is -2.36. The van der Waals surface area contributed by atoms with Crippen LogP contribution >= 0.6 is 0 Å². The molecule has 9 nitrogen and oxygen atoms in total. The molecule has 10 heteroatoms. The zero-order valence-electron chi connectivity index (χ0n) is 20.7. The molecule has 0 unspecified atom stereocenters. The molecule has 4 rings (SSSR count). The minimum absolute atomic E-state index is 0.0132. The number of anilines is 1. The summed E-state index contributed by atoms with van der Waals surface area (Å²) in [6, 6.07) is 2.60. The number of halogens is 1. The molecule has 0 radical (unpaired) electrons. The van der Waals surface area contributed by atoms with Crippen LogP contribution in [0, 0.1) is 11.0 Å². The normalized spacial score (nSPS) is 16.2. The lowest BCUT2D eigenvalue weighted by molar-refractivity contribution is -0.577. The van der Waals surface area contributed by atoms with Crippen LogP contribution in [0.2, 0.25) is 0 Å². The van der Waals surface area contributed by atoms with E-state index in [1.807, 2.05) is 0 Å². The van der Waals surface area contributed by atoms with Gasteiger partial charge in [0.25, 0.3) is 5.52 Å². The van der Waals surface area contributed by atoms with Crippen LogP contribution in [0.15, 0.2) is 54.3 Å². The zero-order chi connectivity index (χ0) is 26.9. The number of ether oxygens (including phenoxy) is 1. The minimum atomic E-state index is -0.690. The molecule has 2 heterocycles. The van der Waals surface area contributed by atoms with Gasteiger partial charge in [0.1, 0.15) is 5.69 Å². The Balaban J connectivity index is 1.71. The molecule has 0 bridgehead atoms. The Kier molecular flexibility index (Phi) is 7.19. The molecule has 1 aliphatic heterocycles. The SMILES string of the molecule is CC(=O)N1CCN(c2c(F)cc3cc(C(=O)C=CC4=CC(=O)C(=O)C=C4)c[n+]([O-])c3c2OC(C)C)CC1. The lowest BCUT2D eigenvalue weighted by Crippen LogP contribution is -2.48. The Labute approximate surface area is 212 Å². The van der Waals surface area contributed by atoms with Gasteiger partial charge in [0.2, 0.25) is 23.2 Å². The van der Waals surface area contributed by atoms with Crippen LogP contribution in [-0.2, 0) is 14.4 Å². The summed E-state index contributed by atoms with van der Waals surface area (Å²) >= 11 is 0. The molecule has 1 aliphatic carbocycles. The van der Waals surface area contributed by atoms with E-state index in [0.717, 1.165) is 18.3 Å². The van der Waals surface area contributed by atoms with Gasteiger partial charge < -0.3 is 19.7 Å². The maximum atomic E-state index is 15.5. The van der Waals surface area contributed by atoms with Gasteiger partial charge in [-0.3, -0.25) is 19.2 Å². The Bertz CT molecular complexity index is 1400. The third-order valence-electron chi connectivity index (χ3n) is 6.07. The number of fused-ring (bicyclic) bond motifs is 1. The van der Waals surface area contributed by atoms with Crippen LogP contribution in [0.25, 0.3) is 10.9 Å². The fraction of sp³-hybridized carbons (Fsp3) is 0.296. The summed E-state index contributed by atoms with van der Waals surface area (Å²) in [7, 11) is 0. The highest BCUT2D eigenvalue weighted by Gasteiger charge is 2.30. The van der Waals surface area contributed by atoms with Gasteiger partial charge in [0, 0.05) is 33.1 Å². The average Bonchev–Trinajstić information content (AvgIpc) is 2.84. The highest BCUT2D eigenvalue weighted by Crippen LogP contribution is 2.39. The number of ketones is 3. The van der Waals surface area contributed by atoms with Gasteiger partial charge in [-0.25, -0.2) is 4.39 Å². The first-order valence-corrected chi connectivity index (χ1v) is 11.8. The quantitative estimate of drug-likeness (QED) is 0.147. The minimum Gasteiger partial charge on any atom is -0.618 e. The number of hydrogen-bond donors (Lipinski definition) is 0. The van der Waals surface area contributed by atoms with E-state index in [4.69, 9.17) is 4.74 Å². The first-order chi connectivity index (χ1) is 17.5. The molecule has 1 fully saturated rings. The fourth-order valence-corrected chi connectivity index (χ4v) is 4.28. The van der Waals surface area contributed by atoms with E-state index in [2.05, 4.69) is 0 Å². The third kappa shape index (κ3) is 5.42. The van der Waals surface area contributed by atoms with E-state index in [9.17, 15) is 24.4 Å². The smallest absolute Gasteiger partial charge is 0.268 e. The third-order valence-corrected chi connectivity index (χ3v) is 6.07. The molecule has 2 aromatic rings. The van der Waals surface area contributed by atoms with Crippen LogP contribution < -0.4 is 14.4 Å². The summed E-state index contributed by atoms with van der Waals surface area (Å²) in [5.74, 6) is -2.47. The average molecular weight is 508 g/mol. The van der Waals surface area contributed by atoms with Gasteiger partial charge in [-0.1, -0.05) is 12.2 Å². The zero-order valence-corrected chi connectivity index (χ0v) is 20.7. The molecule has 1 saturated heterocycles. The van der Waals surface area contributed by atoms with E-state index in [1.54, 1.807) is 23.6 Å². The lowest BCUT2D eigenvalue weighted by atomic mass is 10.0. The predicted molar refractivity (Wildman–Crippen MR) is 134 cm³/mol. The predicted octanol–water partition coefficient (Wildman–Crippen LogP) is 2.44. The maximum Gasteiger partial charge on any atom is 0.268 e. The van der Waals surface area contributed by atoms with Crippen molar-refractivity contribution in [3.8, 4) is 5.75 Å². The van der Waals surface area contributed by atoms with Gasteiger partial charge in [-0.2, -0.15) is 4.73 Å². The van der Waals surface area contributed by atoms with Crippen LogP contribution in [0.4, 0.5) is 10.1 Å². The Morgan fingerprint density at radius 2 is 1.81 bits per heavy atom. The van der Waals surface area contributed by atoms with Crippen molar-refractivity contribution in [2.75, 3.05) is 31.1 Å². The molecule has 2 aliphatic rings. The van der Waals surface area contributed by atoms with Gasteiger partial charge in [-0.15, -0.1) is 0 Å². The second kappa shape index (κ2) is 10.3. The van der Waals surface area contributed by atoms with Crippen molar-refractivity contribution in [1.82, 2.24) is 4.90 Å². The number of amides is 1. The second-order valence-electron chi connectivity index (χ2n) is 9.09. The van der Waals surface area contributed by atoms with Gasteiger partial charge in [0.05, 0.1) is 17.1 Å². The number of piperazine rings is 1. The van der Waals surface area contributed by atoms with Gasteiger partial charge in [-0.05, 0) is 49.8 Å². The van der Waals surface area contributed by atoms with Crippen LogP contribution in [0.3, 0.4) is 0 Å². The number of nitrogens with zero attached hydrogens (tertiary/aromatic N) is 3. The molecule has 1 amide bonds. The first kappa shape index (κ1) is 25.7. The molecular formula is C27H26FN3O6. The van der Waals surface area contributed by atoms with Gasteiger partial charge >= 0.3 is 0 Å². The van der Waals surface area contributed by atoms with Crippen LogP contribution in [-0.4, -0.2) is 60.4 Å². The topological polar surface area (TPSA) is 111 Å². The van der Waals surface area contributed by atoms with E-state index in [1.165, 1.54) is 37.3 Å². The Hall–Kier alpha value is -4.34. The summed E-state index contributed by atoms with van der Waals surface area (Å²) in [4.78, 5) is 50.7. The molecule has 1 aromatic heterocycles. The number of carbonyl (C=O) groups excluding carboxylic acids is 4. The van der Waals surface area contributed by atoms with Crippen LogP contribution in [0.5, 0.6) is 5.75 Å². The summed E-state index contributed by atoms with van der Waals surface area (Å²) in [6.07, 6.45) is 6.90. The number of hydrogen-bond acceptors (Lipinski definition) is 7. The monoisotopic (exact) mass is 507 g/mol. The summed E-state index contributed by atoms with van der Waals surface area (Å²) in [6.45, 7) is 6.58. The van der Waals surface area contributed by atoms with Crippen molar-refractivity contribution in [2.24, 2.45) is 0 Å². The fourth-order valence-electron chi connectivity index (χ4n) is 4.28. The van der Waals surface area contributed by atoms with Crippen molar-refractivity contribution < 1.29 is 33.0 Å². The van der Waals surface area contributed by atoms with E-state index >= 15 is 4.39 Å². The highest BCUT2D eigenvalue weighted by atomic mass is 19.1. The molecule has 0 atom stereocenters. The summed E-state index contributed by atoms with van der Waals surface area (Å²) in [5, 5.41) is 13.3. The van der Waals surface area contributed by atoms with Gasteiger partial charge in [0.15, 0.2) is 17.8 Å². The van der Waals surface area contributed by atoms with Crippen molar-refractivity contribution in [3.05, 3.63) is 70.9 Å². The number of aromatic nitrogens is 1. The number of carbonyl (C=O) groups is 4. The van der Waals surface area contributed by atoms with E-state index in [-0.39, 0.29) is 39.9 Å². The molecule has 192 valence electrons. The molecule has 0 spiro atoms. The van der Waals surface area contributed by atoms with E-state index in [0.29, 0.717) is 36.5 Å². The summed E-state index contributed by atoms with van der Waals surface area (Å²) in [5.41, 5.74) is 0.603. The molecule has 37 heavy (non-hydrogen) atoms. The largest absolute Gasteiger partial charge is 0.618 e. The highest BCUT2D eigenvalue weighted by molar-refractivity contribution is 6.46. The molecular weight excluding hydrogens is 481 g/mol. The standard InChI is InChI=1S/C27H26FN3O6/c1-16(2)37-27-25-19(14-21(28)26(27)30-10-8-29(9-11-30)17(3)32)13-20(15-31(25)36)22(33)6-4-18-5-7-23(34)24(35)12-18/h4-7,12-16H,8-11H2,1-3H3. The molecule has 1 aromatic carbocycles. The number of rotatable bonds is 6. The number of benzene rings is 1. The first-order valence-electron chi connectivity index (χ1n) is 11.8. The van der Waals surface area contributed by atoms with Crippen molar-refractivity contribution in [3.63, 3.8) is 0 Å². The molecule has 0 N–H and O–H groups in total. The number of allylic oxidation sites excluding steroid dienone is 6. The van der Waals surface area contributed by atoms with Crippen molar-refractivity contribution >= 4 is 39.8 Å². The number of pyridine rings is 1. The Morgan fingerprint density at radius 1 is 1.11 bits per heavy atom.